The number of carbonyl (C=O) groups excluding carboxylic acids is 1. The number of carbonyl (C=O) groups is 2. The quantitative estimate of drug-likeness (QED) is 0.811. The van der Waals surface area contributed by atoms with Crippen LogP contribution in [-0.2, 0) is 9.59 Å². The smallest absolute Gasteiger partial charge is 0.318 e. The van der Waals surface area contributed by atoms with Gasteiger partial charge in [-0.05, 0) is 19.1 Å². The summed E-state index contributed by atoms with van der Waals surface area (Å²) < 4.78 is 13.3. The van der Waals surface area contributed by atoms with Crippen LogP contribution in [0, 0.1) is 5.82 Å². The molecule has 3 nitrogen and oxygen atoms in total. The highest BCUT2D eigenvalue weighted by atomic mass is 35.5. The summed E-state index contributed by atoms with van der Waals surface area (Å²) in [5.74, 6) is -4.40. The molecule has 5 heteroatoms. The van der Waals surface area contributed by atoms with Crippen molar-refractivity contribution in [3.8, 4) is 0 Å². The van der Waals surface area contributed by atoms with Gasteiger partial charge in [0.15, 0.2) is 0 Å². The van der Waals surface area contributed by atoms with Gasteiger partial charge in [-0.2, -0.15) is 0 Å². The third kappa shape index (κ3) is 2.33. The van der Waals surface area contributed by atoms with Crippen molar-refractivity contribution in [2.24, 2.45) is 0 Å². The minimum Gasteiger partial charge on any atom is -0.480 e. The van der Waals surface area contributed by atoms with Crippen LogP contribution < -0.4 is 0 Å². The van der Waals surface area contributed by atoms with E-state index in [0.717, 1.165) is 13.0 Å². The van der Waals surface area contributed by atoms with Crippen molar-refractivity contribution in [1.82, 2.24) is 0 Å². The van der Waals surface area contributed by atoms with Crippen molar-refractivity contribution in [2.75, 3.05) is 0 Å². The summed E-state index contributed by atoms with van der Waals surface area (Å²) in [6, 6.07) is 3.76. The lowest BCUT2D eigenvalue weighted by Crippen LogP contribution is -2.20. The van der Waals surface area contributed by atoms with Crippen LogP contribution in [0.1, 0.15) is 18.4 Å². The number of aliphatic carboxylic acids is 1. The summed E-state index contributed by atoms with van der Waals surface area (Å²) in [5.41, 5.74) is -0.279. The number of rotatable bonds is 3. The van der Waals surface area contributed by atoms with Gasteiger partial charge in [0.25, 0.3) is 0 Å². The summed E-state index contributed by atoms with van der Waals surface area (Å²) in [4.78, 5) is 21.9. The molecule has 0 saturated heterocycles. The van der Waals surface area contributed by atoms with Gasteiger partial charge < -0.3 is 5.11 Å². The Hall–Kier alpha value is -1.42. The standard InChI is InChI=1S/C10H8ClFO3/c1-5(13)8(10(14)15)9-6(11)3-2-4-7(9)12/h2-4,8H,1H3,(H,14,15)/t8-/m0/s1. The molecule has 0 saturated carbocycles. The largest absolute Gasteiger partial charge is 0.480 e. The predicted octanol–water partition coefficient (Wildman–Crippen LogP) is 2.24. The van der Waals surface area contributed by atoms with E-state index in [1.54, 1.807) is 0 Å². The molecule has 80 valence electrons. The minimum atomic E-state index is -1.54. The van der Waals surface area contributed by atoms with Crippen LogP contribution in [0.5, 0.6) is 0 Å². The number of benzene rings is 1. The van der Waals surface area contributed by atoms with Gasteiger partial charge in [-0.25, -0.2) is 4.39 Å². The first-order valence-electron chi connectivity index (χ1n) is 4.12. The molecule has 1 atom stereocenters. The molecular formula is C10H8ClFO3. The molecule has 0 aliphatic carbocycles. The van der Waals surface area contributed by atoms with E-state index in [1.165, 1.54) is 12.1 Å². The van der Waals surface area contributed by atoms with Crippen LogP contribution in [0.15, 0.2) is 18.2 Å². The van der Waals surface area contributed by atoms with Crippen molar-refractivity contribution >= 4 is 23.4 Å². The number of ketones is 1. The second-order valence-corrected chi connectivity index (χ2v) is 3.42. The maximum Gasteiger partial charge on any atom is 0.318 e. The Balaban J connectivity index is 3.35. The molecule has 1 N–H and O–H groups in total. The van der Waals surface area contributed by atoms with Crippen molar-refractivity contribution in [3.63, 3.8) is 0 Å². The lowest BCUT2D eigenvalue weighted by atomic mass is 9.95. The molecule has 15 heavy (non-hydrogen) atoms. The summed E-state index contributed by atoms with van der Waals surface area (Å²) in [6.45, 7) is 1.08. The fraction of sp³-hybridized carbons (Fsp3) is 0.200. The van der Waals surface area contributed by atoms with Crippen LogP contribution in [0.25, 0.3) is 0 Å². The Bertz CT molecular complexity index is 383. The fourth-order valence-electron chi connectivity index (χ4n) is 1.29. The van der Waals surface area contributed by atoms with E-state index in [0.29, 0.717) is 0 Å². The zero-order valence-electron chi connectivity index (χ0n) is 7.83. The molecule has 1 aromatic carbocycles. The van der Waals surface area contributed by atoms with Gasteiger partial charge in [0, 0.05) is 10.6 Å². The molecule has 0 spiro atoms. The Labute approximate surface area is 90.5 Å². The van der Waals surface area contributed by atoms with Gasteiger partial charge in [0.05, 0.1) is 0 Å². The number of carboxylic acid groups (broad SMARTS) is 1. The van der Waals surface area contributed by atoms with E-state index in [2.05, 4.69) is 0 Å². The van der Waals surface area contributed by atoms with Crippen LogP contribution in [0.3, 0.4) is 0 Å². The van der Waals surface area contributed by atoms with Gasteiger partial charge >= 0.3 is 5.97 Å². The van der Waals surface area contributed by atoms with Gasteiger partial charge in [-0.15, -0.1) is 0 Å². The number of hydrogen-bond acceptors (Lipinski definition) is 2. The van der Waals surface area contributed by atoms with E-state index in [4.69, 9.17) is 16.7 Å². The summed E-state index contributed by atoms with van der Waals surface area (Å²) in [5, 5.41) is 8.74. The molecular weight excluding hydrogens is 223 g/mol. The maximum atomic E-state index is 13.3. The van der Waals surface area contributed by atoms with Crippen molar-refractivity contribution in [2.45, 2.75) is 12.8 Å². The van der Waals surface area contributed by atoms with E-state index >= 15 is 0 Å². The molecule has 0 heterocycles. The maximum absolute atomic E-state index is 13.3. The van der Waals surface area contributed by atoms with E-state index in [9.17, 15) is 14.0 Å². The highest BCUT2D eigenvalue weighted by Gasteiger charge is 2.29. The third-order valence-corrected chi connectivity index (χ3v) is 2.27. The number of halogens is 2. The molecule has 1 rings (SSSR count). The Morgan fingerprint density at radius 1 is 1.47 bits per heavy atom. The second-order valence-electron chi connectivity index (χ2n) is 3.02. The molecule has 0 aromatic heterocycles. The summed E-state index contributed by atoms with van der Waals surface area (Å²) >= 11 is 5.66. The lowest BCUT2D eigenvalue weighted by Gasteiger charge is -2.11. The number of Topliss-reactive ketones (excluding diaryl/α,β-unsaturated/α-hetero) is 1. The van der Waals surface area contributed by atoms with E-state index < -0.39 is 23.5 Å². The van der Waals surface area contributed by atoms with Gasteiger partial charge in [-0.3, -0.25) is 9.59 Å². The molecule has 0 aliphatic rings. The Morgan fingerprint density at radius 3 is 2.47 bits per heavy atom. The molecule has 0 radical (unpaired) electrons. The first-order valence-corrected chi connectivity index (χ1v) is 4.50. The van der Waals surface area contributed by atoms with Crippen molar-refractivity contribution < 1.29 is 19.1 Å². The SMILES string of the molecule is CC(=O)[C@H](C(=O)O)c1c(F)cccc1Cl. The van der Waals surface area contributed by atoms with Gasteiger partial charge in [-0.1, -0.05) is 17.7 Å². The zero-order valence-corrected chi connectivity index (χ0v) is 8.58. The van der Waals surface area contributed by atoms with Gasteiger partial charge in [0.1, 0.15) is 17.5 Å². The average Bonchev–Trinajstić information content (AvgIpc) is 2.09. The second kappa shape index (κ2) is 4.40. The first kappa shape index (κ1) is 11.7. The molecule has 0 amide bonds. The Morgan fingerprint density at radius 2 is 2.07 bits per heavy atom. The van der Waals surface area contributed by atoms with Crippen molar-refractivity contribution in [3.05, 3.63) is 34.6 Å². The summed E-state index contributed by atoms with van der Waals surface area (Å²) in [7, 11) is 0. The molecule has 0 unspecified atom stereocenters. The fourth-order valence-corrected chi connectivity index (χ4v) is 1.56. The van der Waals surface area contributed by atoms with E-state index in [1.807, 2.05) is 0 Å². The van der Waals surface area contributed by atoms with Crippen LogP contribution in [-0.4, -0.2) is 16.9 Å². The number of hydrogen-bond donors (Lipinski definition) is 1. The van der Waals surface area contributed by atoms with Crippen molar-refractivity contribution in [1.29, 1.82) is 0 Å². The van der Waals surface area contributed by atoms with Crippen LogP contribution in [0.4, 0.5) is 4.39 Å². The monoisotopic (exact) mass is 230 g/mol. The third-order valence-electron chi connectivity index (χ3n) is 1.94. The number of carboxylic acids is 1. The first-order chi connectivity index (χ1) is 6.95. The Kier molecular flexibility index (Phi) is 3.42. The van der Waals surface area contributed by atoms with E-state index in [-0.39, 0.29) is 10.6 Å². The molecule has 1 aromatic rings. The predicted molar refractivity (Wildman–Crippen MR) is 52.5 cm³/mol. The molecule has 0 fully saturated rings. The minimum absolute atomic E-state index is 0.0578. The van der Waals surface area contributed by atoms with Crippen LogP contribution in [0.2, 0.25) is 5.02 Å². The summed E-state index contributed by atoms with van der Waals surface area (Å²) in [6.07, 6.45) is 0. The van der Waals surface area contributed by atoms with Gasteiger partial charge in [0.2, 0.25) is 0 Å². The zero-order chi connectivity index (χ0) is 11.6. The average molecular weight is 231 g/mol. The topological polar surface area (TPSA) is 54.4 Å². The molecule has 0 aliphatic heterocycles. The normalized spacial score (nSPS) is 12.2. The highest BCUT2D eigenvalue weighted by Crippen LogP contribution is 2.28. The highest BCUT2D eigenvalue weighted by molar-refractivity contribution is 6.32. The molecule has 0 bridgehead atoms. The van der Waals surface area contributed by atoms with Crippen LogP contribution >= 0.6 is 11.6 Å². The lowest BCUT2D eigenvalue weighted by molar-refractivity contribution is -0.142.